The van der Waals surface area contributed by atoms with E-state index in [0.717, 1.165) is 5.56 Å². The largest absolute Gasteiger partial charge is 0.379 e. The second-order valence-electron chi connectivity index (χ2n) is 6.24. The van der Waals surface area contributed by atoms with Crippen LogP contribution in [0.2, 0.25) is 0 Å². The Morgan fingerprint density at radius 1 is 1.12 bits per heavy atom. The number of halogens is 2. The first kappa shape index (κ1) is 18.5. The van der Waals surface area contributed by atoms with Crippen LogP contribution < -0.4 is 5.32 Å². The molecule has 1 atom stereocenters. The van der Waals surface area contributed by atoms with Gasteiger partial charge >= 0.3 is 0 Å². The summed E-state index contributed by atoms with van der Waals surface area (Å²) >= 11 is 0. The van der Waals surface area contributed by atoms with E-state index in [2.05, 4.69) is 5.32 Å². The molecule has 1 fully saturated rings. The molecule has 0 spiro atoms. The molecule has 0 radical (unpaired) electrons. The second-order valence-corrected chi connectivity index (χ2v) is 6.24. The maximum atomic E-state index is 14.3. The number of ether oxygens (including phenoxy) is 1. The van der Waals surface area contributed by atoms with E-state index in [0.29, 0.717) is 44.8 Å². The van der Waals surface area contributed by atoms with Crippen LogP contribution in [0, 0.1) is 11.6 Å². The van der Waals surface area contributed by atoms with Gasteiger partial charge in [-0.2, -0.15) is 0 Å². The van der Waals surface area contributed by atoms with Gasteiger partial charge in [-0.05, 0) is 30.2 Å². The molecular formula is C20H22F2N2O2. The fourth-order valence-electron chi connectivity index (χ4n) is 3.16. The quantitative estimate of drug-likeness (QED) is 0.861. The topological polar surface area (TPSA) is 41.6 Å². The van der Waals surface area contributed by atoms with Crippen molar-refractivity contribution < 1.29 is 18.3 Å². The molecule has 1 aliphatic heterocycles. The van der Waals surface area contributed by atoms with Crippen LogP contribution in [0.4, 0.5) is 8.78 Å². The number of hydrogen-bond donors (Lipinski definition) is 1. The molecule has 1 heterocycles. The van der Waals surface area contributed by atoms with Crippen molar-refractivity contribution >= 4 is 5.91 Å². The van der Waals surface area contributed by atoms with Crippen molar-refractivity contribution in [3.05, 3.63) is 71.3 Å². The van der Waals surface area contributed by atoms with E-state index in [4.69, 9.17) is 4.74 Å². The summed E-state index contributed by atoms with van der Waals surface area (Å²) in [5, 5.41) is 2.86. The predicted molar refractivity (Wildman–Crippen MR) is 94.6 cm³/mol. The van der Waals surface area contributed by atoms with Crippen molar-refractivity contribution in [2.24, 2.45) is 0 Å². The van der Waals surface area contributed by atoms with E-state index >= 15 is 0 Å². The highest BCUT2D eigenvalue weighted by atomic mass is 19.1. The van der Waals surface area contributed by atoms with Crippen LogP contribution >= 0.6 is 0 Å². The lowest BCUT2D eigenvalue weighted by Crippen LogP contribution is -2.46. The molecule has 1 amide bonds. The van der Waals surface area contributed by atoms with Gasteiger partial charge in [0.1, 0.15) is 17.7 Å². The SMILES string of the molecule is O=C(NCCc1cccc(F)c1)C(c1ccccc1F)N1CCOCC1. The van der Waals surface area contributed by atoms with Gasteiger partial charge in [-0.1, -0.05) is 30.3 Å². The number of nitrogens with zero attached hydrogens (tertiary/aromatic N) is 1. The summed E-state index contributed by atoms with van der Waals surface area (Å²) < 4.78 is 32.9. The highest BCUT2D eigenvalue weighted by molar-refractivity contribution is 5.83. The number of benzene rings is 2. The van der Waals surface area contributed by atoms with E-state index in [1.165, 1.54) is 18.2 Å². The molecule has 1 aliphatic rings. The summed E-state index contributed by atoms with van der Waals surface area (Å²) in [6.07, 6.45) is 0.511. The summed E-state index contributed by atoms with van der Waals surface area (Å²) in [5.41, 5.74) is 1.16. The highest BCUT2D eigenvalue weighted by Crippen LogP contribution is 2.24. The molecule has 2 aromatic rings. The van der Waals surface area contributed by atoms with Gasteiger partial charge in [0.2, 0.25) is 5.91 Å². The van der Waals surface area contributed by atoms with Gasteiger partial charge in [-0.3, -0.25) is 9.69 Å². The third-order valence-electron chi connectivity index (χ3n) is 4.46. The molecule has 0 saturated carbocycles. The fraction of sp³-hybridized carbons (Fsp3) is 0.350. The Labute approximate surface area is 151 Å². The lowest BCUT2D eigenvalue weighted by molar-refractivity contribution is -0.128. The number of carbonyl (C=O) groups is 1. The van der Waals surface area contributed by atoms with E-state index in [9.17, 15) is 13.6 Å². The van der Waals surface area contributed by atoms with E-state index < -0.39 is 11.9 Å². The Hall–Kier alpha value is -2.31. The summed E-state index contributed by atoms with van der Waals surface area (Å²) in [4.78, 5) is 14.7. The van der Waals surface area contributed by atoms with Crippen molar-refractivity contribution in [3.8, 4) is 0 Å². The lowest BCUT2D eigenvalue weighted by atomic mass is 10.0. The Balaban J connectivity index is 1.69. The van der Waals surface area contributed by atoms with Gasteiger partial charge in [-0.25, -0.2) is 8.78 Å². The number of rotatable bonds is 6. The summed E-state index contributed by atoms with van der Waals surface area (Å²) in [6.45, 7) is 2.52. The highest BCUT2D eigenvalue weighted by Gasteiger charge is 2.30. The minimum atomic E-state index is -0.701. The van der Waals surface area contributed by atoms with Gasteiger partial charge in [0.05, 0.1) is 13.2 Å². The zero-order chi connectivity index (χ0) is 18.4. The monoisotopic (exact) mass is 360 g/mol. The Kier molecular flexibility index (Phi) is 6.30. The summed E-state index contributed by atoms with van der Waals surface area (Å²) in [5.74, 6) is -0.955. The van der Waals surface area contributed by atoms with E-state index in [-0.39, 0.29) is 11.7 Å². The Morgan fingerprint density at radius 3 is 2.62 bits per heavy atom. The molecule has 1 unspecified atom stereocenters. The first-order valence-corrected chi connectivity index (χ1v) is 8.73. The standard InChI is InChI=1S/C20H22F2N2O2/c21-16-5-3-4-15(14-16)8-9-23-20(25)19(24-10-12-26-13-11-24)17-6-1-2-7-18(17)22/h1-7,14,19H,8-13H2,(H,23,25). The van der Waals surface area contributed by atoms with Crippen LogP contribution in [0.25, 0.3) is 0 Å². The van der Waals surface area contributed by atoms with Crippen LogP contribution in [-0.2, 0) is 16.0 Å². The number of nitrogens with one attached hydrogen (secondary N) is 1. The molecule has 1 saturated heterocycles. The molecule has 138 valence electrons. The molecule has 3 rings (SSSR count). The lowest BCUT2D eigenvalue weighted by Gasteiger charge is -2.34. The zero-order valence-corrected chi connectivity index (χ0v) is 14.5. The predicted octanol–water partition coefficient (Wildman–Crippen LogP) is 2.70. The molecule has 0 bridgehead atoms. The van der Waals surface area contributed by atoms with Crippen LogP contribution in [0.15, 0.2) is 48.5 Å². The molecule has 0 aromatic heterocycles. The van der Waals surface area contributed by atoms with Gasteiger partial charge < -0.3 is 10.1 Å². The first-order chi connectivity index (χ1) is 12.6. The van der Waals surface area contributed by atoms with E-state index in [1.54, 1.807) is 24.3 Å². The molecule has 2 aromatic carbocycles. The number of morpholine rings is 1. The van der Waals surface area contributed by atoms with Crippen molar-refractivity contribution in [3.63, 3.8) is 0 Å². The minimum Gasteiger partial charge on any atom is -0.379 e. The average Bonchev–Trinajstić information content (AvgIpc) is 2.65. The van der Waals surface area contributed by atoms with Crippen molar-refractivity contribution in [1.29, 1.82) is 0 Å². The van der Waals surface area contributed by atoms with Crippen molar-refractivity contribution in [1.82, 2.24) is 10.2 Å². The minimum absolute atomic E-state index is 0.256. The third kappa shape index (κ3) is 4.65. The summed E-state index contributed by atoms with van der Waals surface area (Å²) in [6, 6.07) is 11.9. The maximum Gasteiger partial charge on any atom is 0.242 e. The fourth-order valence-corrected chi connectivity index (χ4v) is 3.16. The Bertz CT molecular complexity index is 748. The van der Waals surface area contributed by atoms with Gasteiger partial charge in [0.15, 0.2) is 0 Å². The molecule has 1 N–H and O–H groups in total. The van der Waals surface area contributed by atoms with Crippen LogP contribution in [0.3, 0.4) is 0 Å². The molecule has 4 nitrogen and oxygen atoms in total. The van der Waals surface area contributed by atoms with Gasteiger partial charge in [-0.15, -0.1) is 0 Å². The number of carbonyl (C=O) groups excluding carboxylic acids is 1. The average molecular weight is 360 g/mol. The Morgan fingerprint density at radius 2 is 1.88 bits per heavy atom. The van der Waals surface area contributed by atoms with Crippen LogP contribution in [-0.4, -0.2) is 43.7 Å². The summed E-state index contributed by atoms with van der Waals surface area (Å²) in [7, 11) is 0. The van der Waals surface area contributed by atoms with Crippen LogP contribution in [0.1, 0.15) is 17.2 Å². The molecule has 6 heteroatoms. The third-order valence-corrected chi connectivity index (χ3v) is 4.46. The molecular weight excluding hydrogens is 338 g/mol. The normalized spacial score (nSPS) is 16.2. The zero-order valence-electron chi connectivity index (χ0n) is 14.5. The van der Waals surface area contributed by atoms with Crippen molar-refractivity contribution in [2.45, 2.75) is 12.5 Å². The van der Waals surface area contributed by atoms with E-state index in [1.807, 2.05) is 11.0 Å². The van der Waals surface area contributed by atoms with Gasteiger partial charge in [0, 0.05) is 25.2 Å². The van der Waals surface area contributed by atoms with Crippen molar-refractivity contribution in [2.75, 3.05) is 32.8 Å². The molecule has 0 aliphatic carbocycles. The number of amides is 1. The first-order valence-electron chi connectivity index (χ1n) is 8.73. The van der Waals surface area contributed by atoms with Crippen LogP contribution in [0.5, 0.6) is 0 Å². The molecule has 26 heavy (non-hydrogen) atoms. The number of hydrogen-bond acceptors (Lipinski definition) is 3. The smallest absolute Gasteiger partial charge is 0.242 e. The van der Waals surface area contributed by atoms with Gasteiger partial charge in [0.25, 0.3) is 0 Å². The maximum absolute atomic E-state index is 14.3. The second kappa shape index (κ2) is 8.87.